The number of halogens is 2. The van der Waals surface area contributed by atoms with Gasteiger partial charge in [-0.2, -0.15) is 0 Å². The van der Waals surface area contributed by atoms with E-state index in [2.05, 4.69) is 12.7 Å². The highest BCUT2D eigenvalue weighted by Gasteiger charge is 2.32. The summed E-state index contributed by atoms with van der Waals surface area (Å²) in [4.78, 5) is 0. The van der Waals surface area contributed by atoms with Crippen LogP contribution in [-0.2, 0) is 0 Å². The Labute approximate surface area is 195 Å². The van der Waals surface area contributed by atoms with Crippen LogP contribution in [0.1, 0.15) is 114 Å². The summed E-state index contributed by atoms with van der Waals surface area (Å²) in [5.74, 6) is 3.73. The molecule has 2 heteroatoms. The predicted molar refractivity (Wildman–Crippen MR) is 131 cm³/mol. The van der Waals surface area contributed by atoms with Crippen molar-refractivity contribution in [3.8, 4) is 0 Å². The summed E-state index contributed by atoms with van der Waals surface area (Å²) in [5.41, 5.74) is 1.00. The molecule has 0 aromatic heterocycles. The molecule has 0 saturated heterocycles. The number of rotatable bonds is 8. The van der Waals surface area contributed by atoms with Gasteiger partial charge in [0, 0.05) is 0 Å². The largest absolute Gasteiger partial charge is 0.204 e. The van der Waals surface area contributed by atoms with Crippen molar-refractivity contribution in [2.24, 2.45) is 29.6 Å². The van der Waals surface area contributed by atoms with E-state index in [1.54, 1.807) is 6.07 Å². The van der Waals surface area contributed by atoms with Crippen molar-refractivity contribution in [2.45, 2.75) is 109 Å². The summed E-state index contributed by atoms with van der Waals surface area (Å²) >= 11 is 0. The molecular weight excluding hydrogens is 398 g/mol. The molecule has 0 spiro atoms. The van der Waals surface area contributed by atoms with Crippen LogP contribution in [0.5, 0.6) is 0 Å². The highest BCUT2D eigenvalue weighted by Crippen LogP contribution is 2.45. The van der Waals surface area contributed by atoms with Crippen molar-refractivity contribution in [1.29, 1.82) is 0 Å². The lowest BCUT2D eigenvalue weighted by Gasteiger charge is -2.38. The molecular formula is C30H44F2. The van der Waals surface area contributed by atoms with E-state index in [1.807, 2.05) is 0 Å². The average Bonchev–Trinajstić information content (AvgIpc) is 2.84. The third-order valence-electron chi connectivity index (χ3n) is 9.47. The van der Waals surface area contributed by atoms with Crippen molar-refractivity contribution >= 4 is 0 Å². The maximum absolute atomic E-state index is 13.6. The Morgan fingerprint density at radius 3 is 1.69 bits per heavy atom. The van der Waals surface area contributed by atoms with Gasteiger partial charge in [0.25, 0.3) is 0 Å². The first-order chi connectivity index (χ1) is 15.6. The van der Waals surface area contributed by atoms with Crippen molar-refractivity contribution in [3.05, 3.63) is 48.1 Å². The molecule has 0 bridgehead atoms. The molecule has 0 amide bonds. The van der Waals surface area contributed by atoms with E-state index >= 15 is 0 Å². The molecule has 178 valence electrons. The summed E-state index contributed by atoms with van der Waals surface area (Å²) in [6.45, 7) is 3.87. The number of allylic oxidation sites excluding steroid dienone is 1. The fraction of sp³-hybridized carbons (Fsp3) is 0.733. The summed E-state index contributed by atoms with van der Waals surface area (Å²) in [7, 11) is 0. The van der Waals surface area contributed by atoms with Gasteiger partial charge >= 0.3 is 0 Å². The van der Waals surface area contributed by atoms with Crippen LogP contribution in [0.2, 0.25) is 0 Å². The Bertz CT molecular complexity index is 702. The molecule has 32 heavy (non-hydrogen) atoms. The van der Waals surface area contributed by atoms with E-state index in [9.17, 15) is 8.78 Å². The molecule has 0 atom stereocenters. The van der Waals surface area contributed by atoms with Crippen molar-refractivity contribution < 1.29 is 8.78 Å². The fourth-order valence-electron chi connectivity index (χ4n) is 7.27. The Morgan fingerprint density at radius 2 is 1.16 bits per heavy atom. The van der Waals surface area contributed by atoms with Gasteiger partial charge in [-0.3, -0.25) is 0 Å². The second-order valence-corrected chi connectivity index (χ2v) is 11.4. The van der Waals surface area contributed by atoms with E-state index in [1.165, 1.54) is 102 Å². The molecule has 0 N–H and O–H groups in total. The van der Waals surface area contributed by atoms with Crippen LogP contribution in [-0.4, -0.2) is 0 Å². The first kappa shape index (κ1) is 24.0. The zero-order valence-electron chi connectivity index (χ0n) is 20.1. The van der Waals surface area contributed by atoms with Crippen LogP contribution in [0.4, 0.5) is 8.78 Å². The normalized spacial score (nSPS) is 33.7. The van der Waals surface area contributed by atoms with Gasteiger partial charge in [-0.05, 0) is 105 Å². The zero-order chi connectivity index (χ0) is 22.3. The molecule has 3 aliphatic carbocycles. The standard InChI is InChI=1S/C30H44F2/c1-2-3-4-22-5-7-23(8-6-22)9-10-24-11-13-25(14-12-24)26-15-17-27(18-16-26)28-19-20-29(31)30(32)21-28/h2,19-27H,1,3-18H2/t22-,23-,24-,25-,26-,27-. The Kier molecular flexibility index (Phi) is 8.83. The average molecular weight is 443 g/mol. The van der Waals surface area contributed by atoms with Gasteiger partial charge in [0.2, 0.25) is 0 Å². The van der Waals surface area contributed by atoms with Crippen LogP contribution in [0.3, 0.4) is 0 Å². The molecule has 3 aliphatic rings. The van der Waals surface area contributed by atoms with E-state index < -0.39 is 11.6 Å². The maximum atomic E-state index is 13.6. The van der Waals surface area contributed by atoms with Crippen molar-refractivity contribution in [2.75, 3.05) is 0 Å². The third kappa shape index (κ3) is 6.45. The lowest BCUT2D eigenvalue weighted by atomic mass is 9.67. The molecule has 4 rings (SSSR count). The van der Waals surface area contributed by atoms with Gasteiger partial charge in [-0.1, -0.05) is 63.5 Å². The summed E-state index contributed by atoms with van der Waals surface area (Å²) in [6.07, 6.45) is 24.0. The van der Waals surface area contributed by atoms with Crippen molar-refractivity contribution in [1.82, 2.24) is 0 Å². The molecule has 3 saturated carbocycles. The Morgan fingerprint density at radius 1 is 0.656 bits per heavy atom. The van der Waals surface area contributed by atoms with Gasteiger partial charge in [0.1, 0.15) is 0 Å². The van der Waals surface area contributed by atoms with Gasteiger partial charge in [0.15, 0.2) is 11.6 Å². The lowest BCUT2D eigenvalue weighted by molar-refractivity contribution is 0.149. The number of hydrogen-bond donors (Lipinski definition) is 0. The molecule has 0 unspecified atom stereocenters. The monoisotopic (exact) mass is 442 g/mol. The van der Waals surface area contributed by atoms with Gasteiger partial charge in [-0.25, -0.2) is 8.78 Å². The summed E-state index contributed by atoms with van der Waals surface area (Å²) in [6, 6.07) is 4.52. The number of hydrogen-bond acceptors (Lipinski definition) is 0. The molecule has 0 heterocycles. The smallest absolute Gasteiger partial charge is 0.159 e. The zero-order valence-corrected chi connectivity index (χ0v) is 20.1. The Hall–Kier alpha value is -1.18. The molecule has 1 aromatic carbocycles. The highest BCUT2D eigenvalue weighted by molar-refractivity contribution is 5.22. The molecule has 0 aliphatic heterocycles. The topological polar surface area (TPSA) is 0 Å². The van der Waals surface area contributed by atoms with Crippen LogP contribution in [0.15, 0.2) is 30.9 Å². The second-order valence-electron chi connectivity index (χ2n) is 11.4. The van der Waals surface area contributed by atoms with Crippen LogP contribution in [0.25, 0.3) is 0 Å². The molecule has 0 radical (unpaired) electrons. The quantitative estimate of drug-likeness (QED) is 0.351. The minimum Gasteiger partial charge on any atom is -0.204 e. The lowest BCUT2D eigenvalue weighted by Crippen LogP contribution is -2.25. The Balaban J connectivity index is 1.12. The minimum atomic E-state index is -0.726. The SMILES string of the molecule is C=CCC[C@H]1CC[C@H](CC[C@H]2CC[C@H]([C@H]3CC[C@H](c4ccc(F)c(F)c4)CC3)CC2)CC1. The summed E-state index contributed by atoms with van der Waals surface area (Å²) < 4.78 is 26.8. The van der Waals surface area contributed by atoms with Gasteiger partial charge < -0.3 is 0 Å². The van der Waals surface area contributed by atoms with Gasteiger partial charge in [0.05, 0.1) is 0 Å². The number of benzene rings is 1. The summed E-state index contributed by atoms with van der Waals surface area (Å²) in [5, 5.41) is 0. The first-order valence-corrected chi connectivity index (χ1v) is 13.7. The van der Waals surface area contributed by atoms with Crippen LogP contribution in [0, 0.1) is 41.2 Å². The molecule has 0 nitrogen and oxygen atoms in total. The maximum Gasteiger partial charge on any atom is 0.159 e. The molecule has 3 fully saturated rings. The minimum absolute atomic E-state index is 0.421. The first-order valence-electron chi connectivity index (χ1n) is 13.7. The van der Waals surface area contributed by atoms with Crippen LogP contribution >= 0.6 is 0 Å². The van der Waals surface area contributed by atoms with E-state index in [0.717, 1.165) is 48.0 Å². The van der Waals surface area contributed by atoms with Gasteiger partial charge in [-0.15, -0.1) is 6.58 Å². The fourth-order valence-corrected chi connectivity index (χ4v) is 7.27. The third-order valence-corrected chi connectivity index (χ3v) is 9.47. The van der Waals surface area contributed by atoms with Crippen molar-refractivity contribution in [3.63, 3.8) is 0 Å². The second kappa shape index (κ2) is 11.8. The van der Waals surface area contributed by atoms with Crippen LogP contribution < -0.4 is 0 Å². The molecule has 1 aromatic rings. The van der Waals surface area contributed by atoms with E-state index in [0.29, 0.717) is 5.92 Å². The predicted octanol–water partition coefficient (Wildman–Crippen LogP) is 9.60. The van der Waals surface area contributed by atoms with E-state index in [4.69, 9.17) is 0 Å². The van der Waals surface area contributed by atoms with E-state index in [-0.39, 0.29) is 0 Å². The highest BCUT2D eigenvalue weighted by atomic mass is 19.2.